The van der Waals surface area contributed by atoms with Crippen LogP contribution in [0, 0.1) is 0 Å². The predicted octanol–water partition coefficient (Wildman–Crippen LogP) is 1.46. The molecule has 124 valence electrons. The maximum atomic E-state index is 11.8. The van der Waals surface area contributed by atoms with Gasteiger partial charge in [-0.05, 0) is 51.2 Å². The van der Waals surface area contributed by atoms with Gasteiger partial charge in [0.15, 0.2) is 0 Å². The lowest BCUT2D eigenvalue weighted by atomic mass is 10.2. The highest BCUT2D eigenvalue weighted by Crippen LogP contribution is 2.33. The molecular formula is C14H22Cl2N4O2. The van der Waals surface area contributed by atoms with Crippen molar-refractivity contribution in [3.05, 3.63) is 24.3 Å². The van der Waals surface area contributed by atoms with Crippen molar-refractivity contribution in [1.82, 2.24) is 4.90 Å². The molecule has 0 aromatic heterocycles. The van der Waals surface area contributed by atoms with Crippen molar-refractivity contribution >= 4 is 48.0 Å². The number of anilines is 2. The smallest absolute Gasteiger partial charge is 0.244 e. The van der Waals surface area contributed by atoms with Crippen LogP contribution < -0.4 is 16.4 Å². The molecule has 8 heteroatoms. The molecule has 1 saturated carbocycles. The summed E-state index contributed by atoms with van der Waals surface area (Å²) in [6.45, 7) is 0.328. The monoisotopic (exact) mass is 348 g/mol. The Morgan fingerprint density at radius 2 is 1.55 bits per heavy atom. The molecule has 0 saturated heterocycles. The number of halogens is 2. The lowest BCUT2D eigenvalue weighted by Gasteiger charge is -2.12. The number of nitrogens with one attached hydrogen (secondary N) is 2. The second-order valence-electron chi connectivity index (χ2n) is 5.47. The predicted molar refractivity (Wildman–Crippen MR) is 92.9 cm³/mol. The number of nitrogens with zero attached hydrogens (tertiary/aromatic N) is 1. The fraction of sp³-hybridized carbons (Fsp3) is 0.429. The van der Waals surface area contributed by atoms with Crippen LogP contribution in [0.1, 0.15) is 12.8 Å². The van der Waals surface area contributed by atoms with Crippen LogP contribution in [-0.2, 0) is 9.59 Å². The van der Waals surface area contributed by atoms with Crippen molar-refractivity contribution in [2.24, 2.45) is 5.73 Å². The normalized spacial score (nSPS) is 14.4. The summed E-state index contributed by atoms with van der Waals surface area (Å²) in [5, 5.41) is 5.55. The largest absolute Gasteiger partial charge is 0.325 e. The molecule has 0 atom stereocenters. The summed E-state index contributed by atoms with van der Waals surface area (Å²) in [4.78, 5) is 25.1. The highest BCUT2D eigenvalue weighted by molar-refractivity contribution is 6.00. The summed E-state index contributed by atoms with van der Waals surface area (Å²) in [7, 11) is 3.66. The van der Waals surface area contributed by atoms with E-state index in [0.717, 1.165) is 12.8 Å². The number of carbonyl (C=O) groups is 2. The Balaban J connectivity index is 0.00000220. The zero-order chi connectivity index (χ0) is 14.8. The maximum Gasteiger partial charge on any atom is 0.244 e. The third-order valence-corrected chi connectivity index (χ3v) is 3.13. The zero-order valence-electron chi connectivity index (χ0n) is 12.6. The first-order chi connectivity index (χ1) is 9.39. The van der Waals surface area contributed by atoms with E-state index in [1.54, 1.807) is 29.2 Å². The van der Waals surface area contributed by atoms with E-state index in [0.29, 0.717) is 17.9 Å². The maximum absolute atomic E-state index is 11.8. The summed E-state index contributed by atoms with van der Waals surface area (Å²) in [6, 6.07) is 6.99. The van der Waals surface area contributed by atoms with Gasteiger partial charge in [-0.25, -0.2) is 0 Å². The van der Waals surface area contributed by atoms with Gasteiger partial charge in [0.25, 0.3) is 0 Å². The van der Waals surface area contributed by atoms with Crippen molar-refractivity contribution in [2.75, 3.05) is 31.3 Å². The molecule has 0 unspecified atom stereocenters. The van der Waals surface area contributed by atoms with E-state index in [9.17, 15) is 9.59 Å². The van der Waals surface area contributed by atoms with Crippen LogP contribution in [0.4, 0.5) is 11.4 Å². The fourth-order valence-electron chi connectivity index (χ4n) is 1.74. The van der Waals surface area contributed by atoms with Crippen molar-refractivity contribution in [2.45, 2.75) is 18.4 Å². The number of hydrogen-bond donors (Lipinski definition) is 3. The molecule has 0 aliphatic heterocycles. The molecule has 6 nitrogen and oxygen atoms in total. The number of nitrogens with two attached hydrogens (primary N) is 1. The lowest BCUT2D eigenvalue weighted by Crippen LogP contribution is -2.37. The van der Waals surface area contributed by atoms with Gasteiger partial charge in [-0.3, -0.25) is 9.59 Å². The minimum Gasteiger partial charge on any atom is -0.325 e. The van der Waals surface area contributed by atoms with E-state index in [4.69, 9.17) is 5.73 Å². The average Bonchev–Trinajstić information content (AvgIpc) is 3.10. The summed E-state index contributed by atoms with van der Waals surface area (Å²) in [5.41, 5.74) is 6.50. The first-order valence-corrected chi connectivity index (χ1v) is 6.54. The molecule has 4 N–H and O–H groups in total. The summed E-state index contributed by atoms with van der Waals surface area (Å²) in [6.07, 6.45) is 1.47. The van der Waals surface area contributed by atoms with Gasteiger partial charge in [0.1, 0.15) is 0 Å². The van der Waals surface area contributed by atoms with E-state index in [1.165, 1.54) is 0 Å². The van der Waals surface area contributed by atoms with Crippen LogP contribution in [0.25, 0.3) is 0 Å². The Kier molecular flexibility index (Phi) is 7.83. The molecule has 0 spiro atoms. The average molecular weight is 349 g/mol. The summed E-state index contributed by atoms with van der Waals surface area (Å²) < 4.78 is 0. The number of carbonyl (C=O) groups excluding carboxylic acids is 2. The molecule has 2 rings (SSSR count). The number of likely N-dealkylation sites (N-methyl/N-ethyl adjacent to an activating group) is 1. The highest BCUT2D eigenvalue weighted by atomic mass is 35.5. The van der Waals surface area contributed by atoms with Gasteiger partial charge in [-0.1, -0.05) is 0 Å². The topological polar surface area (TPSA) is 87.5 Å². The first-order valence-electron chi connectivity index (χ1n) is 6.54. The molecule has 2 amide bonds. The summed E-state index contributed by atoms with van der Waals surface area (Å²) >= 11 is 0. The Hall–Kier alpha value is -1.34. The Morgan fingerprint density at radius 1 is 1.09 bits per heavy atom. The van der Waals surface area contributed by atoms with Crippen molar-refractivity contribution in [3.63, 3.8) is 0 Å². The molecule has 22 heavy (non-hydrogen) atoms. The SMILES string of the molecule is CN(C)CC(=O)Nc1ccc(NC(=O)C2(N)CC2)cc1.Cl.Cl. The second kappa shape index (κ2) is 8.33. The molecule has 1 aliphatic rings. The molecule has 0 heterocycles. The van der Waals surface area contributed by atoms with Crippen LogP contribution in [0.5, 0.6) is 0 Å². The van der Waals surface area contributed by atoms with Crippen LogP contribution in [-0.4, -0.2) is 42.9 Å². The number of rotatable bonds is 5. The fourth-order valence-corrected chi connectivity index (χ4v) is 1.74. The lowest BCUT2D eigenvalue weighted by molar-refractivity contribution is -0.118. The third-order valence-electron chi connectivity index (χ3n) is 3.13. The molecule has 1 aromatic rings. The van der Waals surface area contributed by atoms with Gasteiger partial charge in [-0.15, -0.1) is 24.8 Å². The number of benzene rings is 1. The quantitative estimate of drug-likeness (QED) is 0.751. The van der Waals surface area contributed by atoms with Crippen molar-refractivity contribution < 1.29 is 9.59 Å². The van der Waals surface area contributed by atoms with Crippen LogP contribution in [0.3, 0.4) is 0 Å². The molecular weight excluding hydrogens is 327 g/mol. The van der Waals surface area contributed by atoms with E-state index >= 15 is 0 Å². The van der Waals surface area contributed by atoms with Gasteiger partial charge >= 0.3 is 0 Å². The molecule has 0 radical (unpaired) electrons. The minimum absolute atomic E-state index is 0. The number of hydrogen-bond acceptors (Lipinski definition) is 4. The molecule has 1 aliphatic carbocycles. The third kappa shape index (κ3) is 5.81. The standard InChI is InChI=1S/C14H20N4O2.2ClH/c1-18(2)9-12(19)16-10-3-5-11(6-4-10)17-13(20)14(15)7-8-14;;/h3-6H,7-9,15H2,1-2H3,(H,16,19)(H,17,20);2*1H. The van der Waals surface area contributed by atoms with Crippen molar-refractivity contribution in [1.29, 1.82) is 0 Å². The van der Waals surface area contributed by atoms with Crippen LogP contribution >= 0.6 is 24.8 Å². The van der Waals surface area contributed by atoms with Gasteiger partial charge < -0.3 is 21.3 Å². The Labute approximate surface area is 142 Å². The summed E-state index contributed by atoms with van der Waals surface area (Å²) in [5.74, 6) is -0.229. The van der Waals surface area contributed by atoms with E-state index < -0.39 is 5.54 Å². The molecule has 1 aromatic carbocycles. The first kappa shape index (κ1) is 20.7. The van der Waals surface area contributed by atoms with Crippen LogP contribution in [0.15, 0.2) is 24.3 Å². The van der Waals surface area contributed by atoms with Gasteiger partial charge in [0, 0.05) is 11.4 Å². The van der Waals surface area contributed by atoms with Crippen LogP contribution in [0.2, 0.25) is 0 Å². The minimum atomic E-state index is -0.682. The van der Waals surface area contributed by atoms with Gasteiger partial charge in [0.2, 0.25) is 11.8 Å². The van der Waals surface area contributed by atoms with E-state index in [1.807, 2.05) is 14.1 Å². The Morgan fingerprint density at radius 3 is 1.95 bits per heavy atom. The second-order valence-corrected chi connectivity index (χ2v) is 5.47. The van der Waals surface area contributed by atoms with E-state index in [2.05, 4.69) is 10.6 Å². The zero-order valence-corrected chi connectivity index (χ0v) is 14.2. The highest BCUT2D eigenvalue weighted by Gasteiger charge is 2.45. The Bertz CT molecular complexity index is 516. The number of amides is 2. The van der Waals surface area contributed by atoms with E-state index in [-0.39, 0.29) is 36.6 Å². The van der Waals surface area contributed by atoms with Gasteiger partial charge in [0.05, 0.1) is 12.1 Å². The molecule has 1 fully saturated rings. The van der Waals surface area contributed by atoms with Crippen molar-refractivity contribution in [3.8, 4) is 0 Å². The molecule has 0 bridgehead atoms. The van der Waals surface area contributed by atoms with Gasteiger partial charge in [-0.2, -0.15) is 0 Å².